The minimum Gasteiger partial charge on any atom is -0.457 e. The van der Waals surface area contributed by atoms with E-state index in [-0.39, 0.29) is 30.8 Å². The van der Waals surface area contributed by atoms with Crippen molar-refractivity contribution in [2.75, 3.05) is 21.2 Å². The number of hydrazone groups is 1. The number of esters is 1. The van der Waals surface area contributed by atoms with Crippen LogP contribution < -0.4 is 0 Å². The Hall–Kier alpha value is -2.45. The van der Waals surface area contributed by atoms with Gasteiger partial charge in [0.15, 0.2) is 17.7 Å². The van der Waals surface area contributed by atoms with Gasteiger partial charge in [0.05, 0.1) is 17.8 Å². The number of Topliss-reactive ketones (excluding diaryl/α,β-unsaturated/α-hetero) is 2. The van der Waals surface area contributed by atoms with Gasteiger partial charge in [-0.05, 0) is 74.9 Å². The summed E-state index contributed by atoms with van der Waals surface area (Å²) in [5.74, 6) is -5.08. The van der Waals surface area contributed by atoms with E-state index in [4.69, 9.17) is 23.7 Å². The molecule has 13 nitrogen and oxygen atoms in total. The second-order valence-corrected chi connectivity index (χ2v) is 14.6. The SMILES string of the molecule is CC[C@H]1OC(=O)[C@H](C)C(=O)[C@H](C)[C@@H](O[C@@H]2O[C@H](C)C[C@H](N(C)C)[C@H]2O)[C@](C)(OC)C[C@@H](C)C(=O)[C@H](C)[C@H]2N(N=C(C)C)C(=O)O[C@]12C. The minimum absolute atomic E-state index is 0.120. The Balaban J connectivity index is 2.16. The summed E-state index contributed by atoms with van der Waals surface area (Å²) in [5, 5.41) is 16.9. The summed E-state index contributed by atoms with van der Waals surface area (Å²) in [7, 11) is 5.21. The highest BCUT2D eigenvalue weighted by Gasteiger charge is 2.61. The highest BCUT2D eigenvalue weighted by Crippen LogP contribution is 2.43. The van der Waals surface area contributed by atoms with Gasteiger partial charge >= 0.3 is 12.1 Å². The van der Waals surface area contributed by atoms with Crippen LogP contribution >= 0.6 is 0 Å². The molecule has 0 aromatic rings. The van der Waals surface area contributed by atoms with Gasteiger partial charge in [0.1, 0.15) is 30.0 Å². The molecule has 13 heteroatoms. The van der Waals surface area contributed by atoms with E-state index in [0.717, 1.165) is 0 Å². The predicted octanol–water partition coefficient (Wildman–Crippen LogP) is 3.59. The molecular formula is C34H57N3O10. The van der Waals surface area contributed by atoms with Crippen LogP contribution in [0.4, 0.5) is 4.79 Å². The van der Waals surface area contributed by atoms with Gasteiger partial charge in [-0.2, -0.15) is 10.1 Å². The Bertz CT molecular complexity index is 1210. The average Bonchev–Trinajstić information content (AvgIpc) is 3.25. The lowest BCUT2D eigenvalue weighted by molar-refractivity contribution is -0.295. The van der Waals surface area contributed by atoms with Crippen LogP contribution in [0.1, 0.15) is 88.5 Å². The number of hydrogen-bond acceptors (Lipinski definition) is 12. The van der Waals surface area contributed by atoms with Crippen molar-refractivity contribution in [1.82, 2.24) is 9.91 Å². The third-order valence-corrected chi connectivity index (χ3v) is 10.3. The summed E-state index contributed by atoms with van der Waals surface area (Å²) in [6.45, 7) is 17.1. The number of nitrogens with zero attached hydrogens (tertiary/aromatic N) is 3. The monoisotopic (exact) mass is 667 g/mol. The molecule has 0 aliphatic carbocycles. The molecule has 3 heterocycles. The molecule has 0 radical (unpaired) electrons. The van der Waals surface area contributed by atoms with Gasteiger partial charge in [-0.1, -0.05) is 27.7 Å². The van der Waals surface area contributed by atoms with Gasteiger partial charge in [0.2, 0.25) is 0 Å². The van der Waals surface area contributed by atoms with Gasteiger partial charge in [0.25, 0.3) is 0 Å². The van der Waals surface area contributed by atoms with Crippen LogP contribution in [0, 0.1) is 23.7 Å². The van der Waals surface area contributed by atoms with Gasteiger partial charge < -0.3 is 33.7 Å². The fourth-order valence-electron chi connectivity index (χ4n) is 7.66. The van der Waals surface area contributed by atoms with Gasteiger partial charge in [-0.25, -0.2) is 4.79 Å². The van der Waals surface area contributed by atoms with E-state index in [1.807, 2.05) is 25.9 Å². The summed E-state index contributed by atoms with van der Waals surface area (Å²) in [6, 6.07) is -1.19. The molecule has 0 aromatic heterocycles. The number of cyclic esters (lactones) is 1. The number of rotatable bonds is 6. The predicted molar refractivity (Wildman–Crippen MR) is 173 cm³/mol. The third kappa shape index (κ3) is 7.74. The van der Waals surface area contributed by atoms with Crippen molar-refractivity contribution in [3.63, 3.8) is 0 Å². The number of aliphatic hydroxyl groups is 1. The molecule has 0 bridgehead atoms. The molecule has 3 saturated heterocycles. The summed E-state index contributed by atoms with van der Waals surface area (Å²) in [5.41, 5.74) is -2.14. The Morgan fingerprint density at radius 2 is 1.66 bits per heavy atom. The molecule has 1 N–H and O–H groups in total. The number of carbonyl (C=O) groups excluding carboxylic acids is 4. The molecule has 3 aliphatic rings. The number of ether oxygens (including phenoxy) is 5. The number of likely N-dealkylation sites (N-methyl/N-ethyl adjacent to an activating group) is 1. The molecule has 0 spiro atoms. The molecular weight excluding hydrogens is 610 g/mol. The molecule has 1 amide bonds. The normalized spacial score (nSPS) is 42.4. The van der Waals surface area contributed by atoms with Crippen LogP contribution in [-0.4, -0.2) is 120 Å². The summed E-state index contributed by atoms with van der Waals surface area (Å²) in [6.07, 6.45) is -4.24. The fraction of sp³-hybridized carbons (Fsp3) is 0.853. The second kappa shape index (κ2) is 15.0. The molecule has 3 rings (SSSR count). The maximum absolute atomic E-state index is 14.3. The van der Waals surface area contributed by atoms with Gasteiger partial charge in [-0.3, -0.25) is 14.4 Å². The average molecular weight is 668 g/mol. The molecule has 268 valence electrons. The van der Waals surface area contributed by atoms with E-state index in [9.17, 15) is 24.3 Å². The maximum atomic E-state index is 14.3. The van der Waals surface area contributed by atoms with Crippen LogP contribution in [0.2, 0.25) is 0 Å². The van der Waals surface area contributed by atoms with Crippen molar-refractivity contribution >= 4 is 29.3 Å². The van der Waals surface area contributed by atoms with E-state index in [2.05, 4.69) is 5.10 Å². The first-order chi connectivity index (χ1) is 21.7. The Morgan fingerprint density at radius 1 is 1.04 bits per heavy atom. The van der Waals surface area contributed by atoms with Crippen LogP contribution in [0.3, 0.4) is 0 Å². The first-order valence-corrected chi connectivity index (χ1v) is 16.8. The quantitative estimate of drug-likeness (QED) is 0.251. The molecule has 3 aliphatic heterocycles. The number of methoxy groups -OCH3 is 1. The van der Waals surface area contributed by atoms with Crippen molar-refractivity contribution in [1.29, 1.82) is 0 Å². The zero-order chi connectivity index (χ0) is 35.8. The van der Waals surface area contributed by atoms with Crippen LogP contribution in [-0.2, 0) is 38.1 Å². The van der Waals surface area contributed by atoms with Crippen LogP contribution in [0.15, 0.2) is 5.10 Å². The van der Waals surface area contributed by atoms with Crippen molar-refractivity contribution in [3.05, 3.63) is 0 Å². The molecule has 0 saturated carbocycles. The van der Waals surface area contributed by atoms with Crippen molar-refractivity contribution < 1.29 is 48.0 Å². The zero-order valence-corrected chi connectivity index (χ0v) is 30.4. The Kier molecular flexibility index (Phi) is 12.4. The summed E-state index contributed by atoms with van der Waals surface area (Å²) in [4.78, 5) is 57.3. The topological polar surface area (TPSA) is 154 Å². The van der Waals surface area contributed by atoms with E-state index < -0.39 is 83.4 Å². The lowest BCUT2D eigenvalue weighted by atomic mass is 9.73. The number of ketones is 2. The summed E-state index contributed by atoms with van der Waals surface area (Å²) < 4.78 is 30.6. The largest absolute Gasteiger partial charge is 0.457 e. The maximum Gasteiger partial charge on any atom is 0.431 e. The molecule has 0 unspecified atom stereocenters. The smallest absolute Gasteiger partial charge is 0.431 e. The highest BCUT2D eigenvalue weighted by atomic mass is 16.7. The number of carbonyl (C=O) groups is 4. The zero-order valence-electron chi connectivity index (χ0n) is 30.4. The lowest BCUT2D eigenvalue weighted by Crippen LogP contribution is -2.60. The van der Waals surface area contributed by atoms with E-state index in [0.29, 0.717) is 12.1 Å². The molecule has 13 atom stereocenters. The fourth-order valence-corrected chi connectivity index (χ4v) is 7.66. The molecule has 0 aromatic carbocycles. The van der Waals surface area contributed by atoms with Crippen molar-refractivity contribution in [2.24, 2.45) is 28.8 Å². The van der Waals surface area contributed by atoms with Crippen molar-refractivity contribution in [2.45, 2.75) is 142 Å². The number of fused-ring (bicyclic) bond motifs is 1. The Labute approximate surface area is 279 Å². The highest BCUT2D eigenvalue weighted by molar-refractivity contribution is 6.00. The third-order valence-electron chi connectivity index (χ3n) is 10.3. The van der Waals surface area contributed by atoms with Gasteiger partial charge in [-0.15, -0.1) is 0 Å². The first kappa shape index (κ1) is 39.0. The van der Waals surface area contributed by atoms with Crippen LogP contribution in [0.25, 0.3) is 0 Å². The second-order valence-electron chi connectivity index (χ2n) is 14.6. The Morgan fingerprint density at radius 3 is 2.19 bits per heavy atom. The van der Waals surface area contributed by atoms with Crippen LogP contribution in [0.5, 0.6) is 0 Å². The summed E-state index contributed by atoms with van der Waals surface area (Å²) >= 11 is 0. The van der Waals surface area contributed by atoms with E-state index in [1.165, 1.54) is 19.0 Å². The molecule has 47 heavy (non-hydrogen) atoms. The standard InChI is InChI=1S/C34H57N3O10/c1-14-24-34(10)28(37(32(42)47-34)35-17(2)3)20(6)25(38)18(4)16-33(9,43-13)29(21(7)26(39)22(8)30(41)45-24)46-31-27(40)23(36(11)12)15-19(5)44-31/h18-24,27-29,31,40H,14-16H2,1-13H3/t18-,19-,20+,21+,22-,23+,24-,27-,28-,29-,31+,33-,34-/m1/s1. The lowest BCUT2D eigenvalue weighted by Gasteiger charge is -2.47. The van der Waals surface area contributed by atoms with E-state index >= 15 is 0 Å². The number of hydrogen-bond donors (Lipinski definition) is 1. The number of aliphatic hydroxyl groups excluding tert-OH is 1. The van der Waals surface area contributed by atoms with Crippen molar-refractivity contribution in [3.8, 4) is 0 Å². The number of amides is 1. The van der Waals surface area contributed by atoms with E-state index in [1.54, 1.807) is 55.4 Å². The first-order valence-electron chi connectivity index (χ1n) is 16.8. The van der Waals surface area contributed by atoms with Gasteiger partial charge in [0, 0.05) is 36.6 Å². The minimum atomic E-state index is -1.45. The molecule has 3 fully saturated rings.